The highest BCUT2D eigenvalue weighted by Gasteiger charge is 2.34. The van der Waals surface area contributed by atoms with Crippen LogP contribution in [0.25, 0.3) is 0 Å². The maximum Gasteiger partial charge on any atom is 0.306 e. The molecule has 4 nitrogen and oxygen atoms in total. The number of carboxylic acids is 1. The highest BCUT2D eigenvalue weighted by atomic mass is 16.4. The molecule has 1 saturated carbocycles. The summed E-state index contributed by atoms with van der Waals surface area (Å²) in [6.45, 7) is 5.84. The number of carbonyl (C=O) groups is 2. The van der Waals surface area contributed by atoms with Gasteiger partial charge < -0.3 is 10.0 Å². The van der Waals surface area contributed by atoms with Gasteiger partial charge in [-0.1, -0.05) is 38.5 Å². The molecule has 130 valence electrons. The summed E-state index contributed by atoms with van der Waals surface area (Å²) in [5.74, 6) is -0.566. The molecule has 1 heterocycles. The molecule has 4 heteroatoms. The molecule has 1 aromatic carbocycles. The van der Waals surface area contributed by atoms with Gasteiger partial charge in [-0.2, -0.15) is 0 Å². The molecule has 0 aromatic heterocycles. The average molecular weight is 329 g/mol. The number of hydrogen-bond acceptors (Lipinski definition) is 2. The van der Waals surface area contributed by atoms with Crippen molar-refractivity contribution >= 4 is 11.9 Å². The van der Waals surface area contributed by atoms with Crippen molar-refractivity contribution in [1.82, 2.24) is 4.90 Å². The summed E-state index contributed by atoms with van der Waals surface area (Å²) in [4.78, 5) is 26.1. The van der Waals surface area contributed by atoms with Gasteiger partial charge >= 0.3 is 5.97 Å². The van der Waals surface area contributed by atoms with E-state index in [0.717, 1.165) is 25.8 Å². The lowest BCUT2D eigenvalue weighted by Crippen LogP contribution is -2.42. The maximum atomic E-state index is 12.9. The lowest BCUT2D eigenvalue weighted by atomic mass is 9.80. The van der Waals surface area contributed by atoms with Crippen LogP contribution in [0.3, 0.4) is 0 Å². The fourth-order valence-electron chi connectivity index (χ4n) is 4.26. The van der Waals surface area contributed by atoms with Crippen molar-refractivity contribution in [3.05, 3.63) is 34.9 Å². The molecule has 1 amide bonds. The van der Waals surface area contributed by atoms with Gasteiger partial charge in [-0.05, 0) is 48.3 Å². The smallest absolute Gasteiger partial charge is 0.306 e. The van der Waals surface area contributed by atoms with Crippen molar-refractivity contribution in [3.8, 4) is 0 Å². The second-order valence-electron chi connectivity index (χ2n) is 7.55. The fourth-order valence-corrected chi connectivity index (χ4v) is 4.26. The van der Waals surface area contributed by atoms with E-state index in [-0.39, 0.29) is 17.7 Å². The van der Waals surface area contributed by atoms with Crippen LogP contribution in [-0.2, 0) is 22.6 Å². The quantitative estimate of drug-likeness (QED) is 0.922. The van der Waals surface area contributed by atoms with Crippen molar-refractivity contribution in [2.75, 3.05) is 6.54 Å². The lowest BCUT2D eigenvalue weighted by molar-refractivity contribution is -0.145. The van der Waals surface area contributed by atoms with Crippen LogP contribution in [0.2, 0.25) is 0 Å². The number of nitrogens with zero attached hydrogens (tertiary/aromatic N) is 1. The third kappa shape index (κ3) is 3.33. The SMILES string of the molecule is CC(C)c1cccc2c1CCN(C(=O)C1CCCC(C(=O)O)C1)C2. The number of fused-ring (bicyclic) bond motifs is 1. The van der Waals surface area contributed by atoms with Gasteiger partial charge in [0.1, 0.15) is 0 Å². The first-order valence-electron chi connectivity index (χ1n) is 9.09. The summed E-state index contributed by atoms with van der Waals surface area (Å²) in [5.41, 5.74) is 4.05. The third-order valence-corrected chi connectivity index (χ3v) is 5.61. The molecule has 1 aliphatic heterocycles. The minimum absolute atomic E-state index is 0.116. The standard InChI is InChI=1S/C20H27NO3/c1-13(2)17-8-4-7-16-12-21(10-9-18(16)17)19(22)14-5-3-6-15(11-14)20(23)24/h4,7-8,13-15H,3,5-6,9-12H2,1-2H3,(H,23,24). The monoisotopic (exact) mass is 329 g/mol. The molecule has 3 rings (SSSR count). The molecule has 24 heavy (non-hydrogen) atoms. The van der Waals surface area contributed by atoms with E-state index >= 15 is 0 Å². The molecule has 2 unspecified atom stereocenters. The van der Waals surface area contributed by atoms with E-state index < -0.39 is 5.97 Å². The zero-order valence-corrected chi connectivity index (χ0v) is 14.6. The molecule has 0 radical (unpaired) electrons. The second-order valence-corrected chi connectivity index (χ2v) is 7.55. The normalized spacial score (nSPS) is 23.9. The lowest BCUT2D eigenvalue weighted by Gasteiger charge is -2.35. The average Bonchev–Trinajstić information content (AvgIpc) is 2.60. The highest BCUT2D eigenvalue weighted by Crippen LogP contribution is 2.33. The summed E-state index contributed by atoms with van der Waals surface area (Å²) in [5, 5.41) is 9.24. The topological polar surface area (TPSA) is 57.6 Å². The van der Waals surface area contributed by atoms with E-state index in [2.05, 4.69) is 32.0 Å². The van der Waals surface area contributed by atoms with E-state index in [9.17, 15) is 14.7 Å². The van der Waals surface area contributed by atoms with Crippen LogP contribution in [0.4, 0.5) is 0 Å². The van der Waals surface area contributed by atoms with Gasteiger partial charge in [0.25, 0.3) is 0 Å². The number of amides is 1. The van der Waals surface area contributed by atoms with Crippen LogP contribution in [0.1, 0.15) is 62.1 Å². The Morgan fingerprint density at radius 3 is 2.67 bits per heavy atom. The Balaban J connectivity index is 1.72. The Labute approximate surface area is 143 Å². The van der Waals surface area contributed by atoms with Crippen molar-refractivity contribution in [3.63, 3.8) is 0 Å². The highest BCUT2D eigenvalue weighted by molar-refractivity contribution is 5.80. The van der Waals surface area contributed by atoms with Crippen LogP contribution in [-0.4, -0.2) is 28.4 Å². The third-order valence-electron chi connectivity index (χ3n) is 5.61. The van der Waals surface area contributed by atoms with E-state index in [1.54, 1.807) is 0 Å². The van der Waals surface area contributed by atoms with Crippen molar-refractivity contribution in [2.24, 2.45) is 11.8 Å². The molecule has 1 aliphatic carbocycles. The Bertz CT molecular complexity index is 638. The number of carboxylic acid groups (broad SMARTS) is 1. The van der Waals surface area contributed by atoms with Crippen molar-refractivity contribution in [2.45, 2.75) is 58.4 Å². The molecule has 1 fully saturated rings. The number of carbonyl (C=O) groups excluding carboxylic acids is 1. The number of hydrogen-bond donors (Lipinski definition) is 1. The van der Waals surface area contributed by atoms with Crippen LogP contribution in [0.5, 0.6) is 0 Å². The maximum absolute atomic E-state index is 12.9. The molecular formula is C20H27NO3. The van der Waals surface area contributed by atoms with E-state index in [4.69, 9.17) is 0 Å². The first-order chi connectivity index (χ1) is 11.5. The Morgan fingerprint density at radius 2 is 1.96 bits per heavy atom. The predicted octanol–water partition coefficient (Wildman–Crippen LogP) is 3.59. The first-order valence-corrected chi connectivity index (χ1v) is 9.09. The minimum Gasteiger partial charge on any atom is -0.481 e. The summed E-state index contributed by atoms with van der Waals surface area (Å²) in [7, 11) is 0. The van der Waals surface area contributed by atoms with Gasteiger partial charge in [0.2, 0.25) is 5.91 Å². The molecule has 0 spiro atoms. The minimum atomic E-state index is -0.752. The second kappa shape index (κ2) is 6.96. The largest absolute Gasteiger partial charge is 0.481 e. The Morgan fingerprint density at radius 1 is 1.21 bits per heavy atom. The summed E-state index contributed by atoms with van der Waals surface area (Å²) < 4.78 is 0. The van der Waals surface area contributed by atoms with Gasteiger partial charge in [0, 0.05) is 19.0 Å². The van der Waals surface area contributed by atoms with E-state index in [1.807, 2.05) is 4.90 Å². The van der Waals surface area contributed by atoms with Gasteiger partial charge in [-0.25, -0.2) is 0 Å². The number of rotatable bonds is 3. The first kappa shape index (κ1) is 17.0. The fraction of sp³-hybridized carbons (Fsp3) is 0.600. The van der Waals surface area contributed by atoms with Crippen LogP contribution in [0.15, 0.2) is 18.2 Å². The summed E-state index contributed by atoms with van der Waals surface area (Å²) >= 11 is 0. The zero-order chi connectivity index (χ0) is 17.3. The van der Waals surface area contributed by atoms with Crippen molar-refractivity contribution in [1.29, 1.82) is 0 Å². The Kier molecular flexibility index (Phi) is 4.93. The van der Waals surface area contributed by atoms with E-state index in [0.29, 0.717) is 25.3 Å². The van der Waals surface area contributed by atoms with Gasteiger partial charge in [0.05, 0.1) is 5.92 Å². The molecule has 1 N–H and O–H groups in total. The van der Waals surface area contributed by atoms with Crippen LogP contribution < -0.4 is 0 Å². The Hall–Kier alpha value is -1.84. The molecule has 2 atom stereocenters. The van der Waals surface area contributed by atoms with Gasteiger partial charge in [-0.3, -0.25) is 9.59 Å². The van der Waals surface area contributed by atoms with Crippen molar-refractivity contribution < 1.29 is 14.7 Å². The summed E-state index contributed by atoms with van der Waals surface area (Å²) in [6, 6.07) is 6.41. The zero-order valence-electron chi connectivity index (χ0n) is 14.6. The summed E-state index contributed by atoms with van der Waals surface area (Å²) in [6.07, 6.45) is 3.79. The molecule has 0 saturated heterocycles. The number of benzene rings is 1. The van der Waals surface area contributed by atoms with Gasteiger partial charge in [0.15, 0.2) is 0 Å². The molecule has 0 bridgehead atoms. The van der Waals surface area contributed by atoms with Crippen LogP contribution in [0, 0.1) is 11.8 Å². The predicted molar refractivity (Wildman–Crippen MR) is 92.7 cm³/mol. The number of aliphatic carboxylic acids is 1. The molecule has 1 aromatic rings. The van der Waals surface area contributed by atoms with E-state index in [1.165, 1.54) is 16.7 Å². The van der Waals surface area contributed by atoms with Gasteiger partial charge in [-0.15, -0.1) is 0 Å². The van der Waals surface area contributed by atoms with Crippen LogP contribution >= 0.6 is 0 Å². The molecule has 2 aliphatic rings. The molecular weight excluding hydrogens is 302 g/mol.